The van der Waals surface area contributed by atoms with E-state index in [4.69, 9.17) is 0 Å². The number of benzene rings is 3. The van der Waals surface area contributed by atoms with E-state index in [0.29, 0.717) is 5.56 Å². The molecule has 2 N–H and O–H groups in total. The molecule has 0 aliphatic rings. The molecule has 0 spiro atoms. The molecule has 0 aliphatic carbocycles. The fourth-order valence-corrected chi connectivity index (χ4v) is 5.97. The molecule has 0 amide bonds. The molecular weight excluding hydrogens is 520 g/mol. The lowest BCUT2D eigenvalue weighted by Gasteiger charge is -2.35. The van der Waals surface area contributed by atoms with Gasteiger partial charge in [0, 0.05) is 5.56 Å². The summed E-state index contributed by atoms with van der Waals surface area (Å²) in [6, 6.07) is 12.0. The fourth-order valence-electron chi connectivity index (χ4n) is 5.97. The topological polar surface area (TPSA) is 74.6 Å². The van der Waals surface area contributed by atoms with E-state index in [-0.39, 0.29) is 32.8 Å². The van der Waals surface area contributed by atoms with Gasteiger partial charge in [-0.1, -0.05) is 125 Å². The Morgan fingerprint density at radius 2 is 0.833 bits per heavy atom. The van der Waals surface area contributed by atoms with Crippen molar-refractivity contribution in [2.45, 2.75) is 119 Å². The van der Waals surface area contributed by atoms with E-state index in [1.54, 1.807) is 0 Å². The van der Waals surface area contributed by atoms with Gasteiger partial charge in [0.25, 0.3) is 0 Å². The second-order valence-electron chi connectivity index (χ2n) is 16.0. The molecule has 0 saturated heterocycles. The Balaban J connectivity index is 2.88. The van der Waals surface area contributed by atoms with Crippen LogP contribution in [0.1, 0.15) is 137 Å². The first kappa shape index (κ1) is 33.1. The standard InChI is InChI=1S/C38H50O4/c1-21-17-25(35(3,4)5)29(26(18-21)36(6,7)8)23-15-16-24(33(39)40)31(34(41)42)30(23)32-27(37(9,10)11)19-22(2)20-28(32)38(12,13)14/h15-20H,1-14H3,(H,39,40)(H,41,42). The Hall–Kier alpha value is -3.40. The number of aromatic carboxylic acids is 2. The van der Waals surface area contributed by atoms with Crippen molar-refractivity contribution in [2.75, 3.05) is 0 Å². The van der Waals surface area contributed by atoms with Gasteiger partial charge in [0.05, 0.1) is 11.1 Å². The largest absolute Gasteiger partial charge is 0.478 e. The molecule has 0 aliphatic heterocycles. The van der Waals surface area contributed by atoms with E-state index < -0.39 is 11.9 Å². The van der Waals surface area contributed by atoms with Crippen LogP contribution in [0, 0.1) is 13.8 Å². The van der Waals surface area contributed by atoms with Crippen LogP contribution in [-0.4, -0.2) is 22.2 Å². The lowest BCUT2D eigenvalue weighted by atomic mass is 9.68. The van der Waals surface area contributed by atoms with Crippen molar-refractivity contribution >= 4 is 11.9 Å². The summed E-state index contributed by atoms with van der Waals surface area (Å²) < 4.78 is 0. The molecule has 0 aromatic heterocycles. The third kappa shape index (κ3) is 6.33. The van der Waals surface area contributed by atoms with E-state index in [9.17, 15) is 19.8 Å². The Kier molecular flexibility index (Phi) is 8.44. The zero-order chi connectivity index (χ0) is 32.3. The Labute approximate surface area is 253 Å². The van der Waals surface area contributed by atoms with Crippen molar-refractivity contribution in [3.8, 4) is 22.3 Å². The van der Waals surface area contributed by atoms with Crippen LogP contribution in [-0.2, 0) is 21.7 Å². The van der Waals surface area contributed by atoms with E-state index in [1.807, 2.05) is 6.07 Å². The molecule has 0 bridgehead atoms. The average Bonchev–Trinajstić information content (AvgIpc) is 2.79. The van der Waals surface area contributed by atoms with Crippen molar-refractivity contribution in [3.05, 3.63) is 80.9 Å². The number of carboxylic acids is 2. The zero-order valence-electron chi connectivity index (χ0n) is 28.2. The zero-order valence-corrected chi connectivity index (χ0v) is 28.2. The van der Waals surface area contributed by atoms with Gasteiger partial charge in [-0.2, -0.15) is 0 Å². The van der Waals surface area contributed by atoms with Crippen LogP contribution in [0.5, 0.6) is 0 Å². The van der Waals surface area contributed by atoms with Crippen molar-refractivity contribution in [3.63, 3.8) is 0 Å². The smallest absolute Gasteiger partial charge is 0.337 e. The molecule has 0 heterocycles. The van der Waals surface area contributed by atoms with Gasteiger partial charge in [-0.25, -0.2) is 9.59 Å². The number of hydrogen-bond acceptors (Lipinski definition) is 2. The van der Waals surface area contributed by atoms with E-state index >= 15 is 0 Å². The Morgan fingerprint density at radius 3 is 1.12 bits per heavy atom. The molecule has 3 aromatic rings. The highest BCUT2D eigenvalue weighted by atomic mass is 16.4. The minimum Gasteiger partial charge on any atom is -0.478 e. The summed E-state index contributed by atoms with van der Waals surface area (Å²) in [4.78, 5) is 25.9. The highest BCUT2D eigenvalue weighted by molar-refractivity contribution is 6.11. The van der Waals surface area contributed by atoms with Gasteiger partial charge in [0.15, 0.2) is 0 Å². The molecule has 4 nitrogen and oxygen atoms in total. The predicted molar refractivity (Wildman–Crippen MR) is 176 cm³/mol. The van der Waals surface area contributed by atoms with Crippen molar-refractivity contribution in [2.24, 2.45) is 0 Å². The predicted octanol–water partition coefficient (Wildman–Crippen LogP) is 10.2. The van der Waals surface area contributed by atoms with Crippen LogP contribution in [0.25, 0.3) is 22.3 Å². The van der Waals surface area contributed by atoms with Gasteiger partial charge in [-0.15, -0.1) is 0 Å². The second kappa shape index (κ2) is 10.7. The van der Waals surface area contributed by atoms with E-state index in [0.717, 1.165) is 50.1 Å². The third-order valence-electron chi connectivity index (χ3n) is 7.97. The summed E-state index contributed by atoms with van der Waals surface area (Å²) in [5.74, 6) is -2.50. The average molecular weight is 571 g/mol. The molecule has 4 heteroatoms. The Morgan fingerprint density at radius 1 is 0.500 bits per heavy atom. The number of carboxylic acid groups (broad SMARTS) is 2. The first-order valence-electron chi connectivity index (χ1n) is 14.8. The number of hydrogen-bond donors (Lipinski definition) is 2. The molecule has 226 valence electrons. The SMILES string of the molecule is Cc1cc(C(C)(C)C)c(-c2ccc(C(=O)O)c(C(=O)O)c2-c2c(C(C)(C)C)cc(C)cc2C(C)(C)C)c(C(C)(C)C)c1. The third-order valence-corrected chi connectivity index (χ3v) is 7.97. The van der Waals surface area contributed by atoms with Crippen molar-refractivity contribution < 1.29 is 19.8 Å². The van der Waals surface area contributed by atoms with Gasteiger partial charge < -0.3 is 10.2 Å². The minimum absolute atomic E-state index is 0.167. The van der Waals surface area contributed by atoms with Gasteiger partial charge in [-0.3, -0.25) is 0 Å². The fraction of sp³-hybridized carbons (Fsp3) is 0.474. The Bertz CT molecular complexity index is 1490. The highest BCUT2D eigenvalue weighted by Crippen LogP contribution is 2.50. The first-order valence-corrected chi connectivity index (χ1v) is 14.8. The summed E-state index contributed by atoms with van der Waals surface area (Å²) >= 11 is 0. The molecule has 0 atom stereocenters. The van der Waals surface area contributed by atoms with Crippen LogP contribution >= 0.6 is 0 Å². The van der Waals surface area contributed by atoms with E-state index in [1.165, 1.54) is 6.07 Å². The first-order chi connectivity index (χ1) is 18.9. The molecule has 3 aromatic carbocycles. The quantitative estimate of drug-likeness (QED) is 0.327. The van der Waals surface area contributed by atoms with Crippen molar-refractivity contribution in [1.82, 2.24) is 0 Å². The van der Waals surface area contributed by atoms with Crippen LogP contribution in [0.4, 0.5) is 0 Å². The number of carbonyl (C=O) groups is 2. The van der Waals surface area contributed by atoms with Crippen molar-refractivity contribution in [1.29, 1.82) is 0 Å². The number of aryl methyl sites for hydroxylation is 2. The second-order valence-corrected chi connectivity index (χ2v) is 16.0. The van der Waals surface area contributed by atoms with Crippen LogP contribution in [0.15, 0.2) is 36.4 Å². The van der Waals surface area contributed by atoms with Crippen LogP contribution in [0.3, 0.4) is 0 Å². The van der Waals surface area contributed by atoms with Gasteiger partial charge >= 0.3 is 11.9 Å². The van der Waals surface area contributed by atoms with Gasteiger partial charge in [0.1, 0.15) is 0 Å². The molecule has 0 saturated carbocycles. The molecule has 0 fully saturated rings. The maximum absolute atomic E-state index is 13.2. The van der Waals surface area contributed by atoms with Gasteiger partial charge in [-0.05, 0) is 80.5 Å². The summed E-state index contributed by atoms with van der Waals surface area (Å²) in [6.07, 6.45) is 0. The minimum atomic E-state index is -1.25. The summed E-state index contributed by atoms with van der Waals surface area (Å²) in [6.45, 7) is 30.0. The molecule has 0 radical (unpaired) electrons. The number of rotatable bonds is 4. The highest BCUT2D eigenvalue weighted by Gasteiger charge is 2.36. The summed E-state index contributed by atoms with van der Waals surface area (Å²) in [7, 11) is 0. The molecule has 42 heavy (non-hydrogen) atoms. The molecular formula is C38H50O4. The maximum atomic E-state index is 13.2. The molecule has 3 rings (SSSR count). The van der Waals surface area contributed by atoms with E-state index in [2.05, 4.69) is 121 Å². The maximum Gasteiger partial charge on any atom is 0.337 e. The van der Waals surface area contributed by atoms with Crippen LogP contribution in [0.2, 0.25) is 0 Å². The van der Waals surface area contributed by atoms with Gasteiger partial charge in [0.2, 0.25) is 0 Å². The normalized spacial score (nSPS) is 12.9. The molecule has 0 unspecified atom stereocenters. The monoisotopic (exact) mass is 570 g/mol. The van der Waals surface area contributed by atoms with Crippen LogP contribution < -0.4 is 0 Å². The lowest BCUT2D eigenvalue weighted by Crippen LogP contribution is -2.23. The summed E-state index contributed by atoms with van der Waals surface area (Å²) in [5, 5.41) is 21.1. The lowest BCUT2D eigenvalue weighted by molar-refractivity contribution is 0.0652. The summed E-state index contributed by atoms with van der Waals surface area (Å²) in [5.41, 5.74) is 7.88.